The van der Waals surface area contributed by atoms with Crippen molar-refractivity contribution >= 4 is 23.3 Å². The number of ether oxygens (including phenoxy) is 1. The fourth-order valence-corrected chi connectivity index (χ4v) is 2.77. The largest absolute Gasteiger partial charge is 0.493 e. The van der Waals surface area contributed by atoms with Gasteiger partial charge in [0.15, 0.2) is 11.4 Å². The van der Waals surface area contributed by atoms with E-state index in [2.05, 4.69) is 20.7 Å². The van der Waals surface area contributed by atoms with Crippen LogP contribution in [-0.4, -0.2) is 40.9 Å². The van der Waals surface area contributed by atoms with Gasteiger partial charge in [0.05, 0.1) is 29.6 Å². The summed E-state index contributed by atoms with van der Waals surface area (Å²) >= 11 is 5.83. The number of para-hydroxylation sites is 1. The van der Waals surface area contributed by atoms with E-state index < -0.39 is 17.6 Å². The Bertz CT molecular complexity index is 1020. The van der Waals surface area contributed by atoms with Crippen LogP contribution in [0, 0.1) is 0 Å². The van der Waals surface area contributed by atoms with Gasteiger partial charge in [-0.2, -0.15) is 18.3 Å². The standard InChI is InChI=1S/C19H17ClF3N5O2/c1-30-15-11-28(13-5-3-2-4-6-13)27-16(15)18(29)25-8-7-24-17-14(20)9-12(10-26-17)19(21,22)23/h2-6,9-11H,7-8H2,1H3,(H,24,26)(H,25,29). The van der Waals surface area contributed by atoms with Crippen molar-refractivity contribution in [3.8, 4) is 11.4 Å². The molecule has 0 saturated heterocycles. The first kappa shape index (κ1) is 21.4. The third kappa shape index (κ3) is 5.01. The molecule has 3 aromatic rings. The second-order valence-corrected chi connectivity index (χ2v) is 6.47. The molecule has 1 aromatic carbocycles. The third-order valence-corrected chi connectivity index (χ3v) is 4.30. The van der Waals surface area contributed by atoms with Gasteiger partial charge in [0.1, 0.15) is 5.82 Å². The van der Waals surface area contributed by atoms with Crippen molar-refractivity contribution in [2.24, 2.45) is 0 Å². The van der Waals surface area contributed by atoms with Crippen LogP contribution in [0.4, 0.5) is 19.0 Å². The molecule has 0 aliphatic heterocycles. The number of benzene rings is 1. The average molecular weight is 440 g/mol. The molecule has 1 amide bonds. The fourth-order valence-electron chi connectivity index (χ4n) is 2.54. The summed E-state index contributed by atoms with van der Waals surface area (Å²) in [7, 11) is 1.43. The molecule has 7 nitrogen and oxygen atoms in total. The quantitative estimate of drug-likeness (QED) is 0.547. The second kappa shape index (κ2) is 9.04. The molecule has 2 N–H and O–H groups in total. The Balaban J connectivity index is 1.58. The highest BCUT2D eigenvalue weighted by atomic mass is 35.5. The molecule has 0 atom stereocenters. The first-order valence-corrected chi connectivity index (χ1v) is 9.11. The van der Waals surface area contributed by atoms with Crippen LogP contribution < -0.4 is 15.4 Å². The van der Waals surface area contributed by atoms with Crippen LogP contribution in [0.2, 0.25) is 5.02 Å². The van der Waals surface area contributed by atoms with E-state index in [0.29, 0.717) is 11.9 Å². The number of amides is 1. The molecule has 0 saturated carbocycles. The van der Waals surface area contributed by atoms with E-state index in [0.717, 1.165) is 11.8 Å². The molecule has 0 aliphatic carbocycles. The predicted molar refractivity (Wildman–Crippen MR) is 105 cm³/mol. The maximum atomic E-state index is 12.6. The number of carbonyl (C=O) groups is 1. The maximum Gasteiger partial charge on any atom is 0.417 e. The number of rotatable bonds is 7. The Labute approximate surface area is 174 Å². The minimum Gasteiger partial charge on any atom is -0.493 e. The number of anilines is 1. The molecule has 0 spiro atoms. The van der Waals surface area contributed by atoms with Crippen LogP contribution in [0.1, 0.15) is 16.1 Å². The molecular weight excluding hydrogens is 423 g/mol. The summed E-state index contributed by atoms with van der Waals surface area (Å²) in [5, 5.41) is 9.52. The van der Waals surface area contributed by atoms with Gasteiger partial charge in [0, 0.05) is 19.3 Å². The normalized spacial score (nSPS) is 11.2. The van der Waals surface area contributed by atoms with Crippen LogP contribution in [0.25, 0.3) is 5.69 Å². The summed E-state index contributed by atoms with van der Waals surface area (Å²) in [4.78, 5) is 16.1. The molecular formula is C19H17ClF3N5O2. The van der Waals surface area contributed by atoms with Gasteiger partial charge in [-0.3, -0.25) is 4.79 Å². The number of carbonyl (C=O) groups excluding carboxylic acids is 1. The highest BCUT2D eigenvalue weighted by molar-refractivity contribution is 6.32. The van der Waals surface area contributed by atoms with Gasteiger partial charge in [0.2, 0.25) is 0 Å². The van der Waals surface area contributed by atoms with Crippen molar-refractivity contribution in [3.05, 3.63) is 65.1 Å². The Morgan fingerprint density at radius 2 is 1.97 bits per heavy atom. The zero-order chi connectivity index (χ0) is 21.7. The molecule has 0 bridgehead atoms. The number of nitrogens with one attached hydrogen (secondary N) is 2. The SMILES string of the molecule is COc1cn(-c2ccccc2)nc1C(=O)NCCNc1ncc(C(F)(F)F)cc1Cl. The van der Waals surface area contributed by atoms with E-state index in [1.165, 1.54) is 11.8 Å². The van der Waals surface area contributed by atoms with Crippen LogP contribution >= 0.6 is 11.6 Å². The van der Waals surface area contributed by atoms with Crippen LogP contribution in [-0.2, 0) is 6.18 Å². The Hall–Kier alpha value is -3.27. The number of hydrogen-bond donors (Lipinski definition) is 2. The zero-order valence-electron chi connectivity index (χ0n) is 15.7. The molecule has 0 unspecified atom stereocenters. The van der Waals surface area contributed by atoms with E-state index in [4.69, 9.17) is 16.3 Å². The first-order chi connectivity index (χ1) is 14.3. The average Bonchev–Trinajstić information content (AvgIpc) is 3.16. The Kier molecular flexibility index (Phi) is 6.46. The summed E-state index contributed by atoms with van der Waals surface area (Å²) in [6.45, 7) is 0.338. The monoisotopic (exact) mass is 439 g/mol. The van der Waals surface area contributed by atoms with Crippen molar-refractivity contribution in [1.29, 1.82) is 0 Å². The van der Waals surface area contributed by atoms with Gasteiger partial charge in [0.25, 0.3) is 5.91 Å². The van der Waals surface area contributed by atoms with Crippen molar-refractivity contribution in [1.82, 2.24) is 20.1 Å². The molecule has 11 heteroatoms. The smallest absolute Gasteiger partial charge is 0.417 e. The number of alkyl halides is 3. The van der Waals surface area contributed by atoms with Gasteiger partial charge in [-0.05, 0) is 18.2 Å². The van der Waals surface area contributed by atoms with E-state index in [1.54, 1.807) is 6.20 Å². The van der Waals surface area contributed by atoms with E-state index in [9.17, 15) is 18.0 Å². The molecule has 0 radical (unpaired) electrons. The number of nitrogens with zero attached hydrogens (tertiary/aromatic N) is 3. The van der Waals surface area contributed by atoms with Gasteiger partial charge in [-0.25, -0.2) is 9.67 Å². The Morgan fingerprint density at radius 1 is 1.23 bits per heavy atom. The molecule has 3 rings (SSSR count). The summed E-state index contributed by atoms with van der Waals surface area (Å²) in [6.07, 6.45) is -2.24. The maximum absolute atomic E-state index is 12.6. The van der Waals surface area contributed by atoms with Crippen LogP contribution in [0.5, 0.6) is 5.75 Å². The van der Waals surface area contributed by atoms with Crippen molar-refractivity contribution in [3.63, 3.8) is 0 Å². The number of hydrogen-bond acceptors (Lipinski definition) is 5. The molecule has 0 fully saturated rings. The minimum absolute atomic E-state index is 0.0878. The topological polar surface area (TPSA) is 81.1 Å². The number of pyridine rings is 1. The summed E-state index contributed by atoms with van der Waals surface area (Å²) < 4.78 is 44.7. The lowest BCUT2D eigenvalue weighted by atomic mass is 10.3. The van der Waals surface area contributed by atoms with Crippen molar-refractivity contribution in [2.75, 3.05) is 25.5 Å². The minimum atomic E-state index is -4.52. The highest BCUT2D eigenvalue weighted by Gasteiger charge is 2.31. The molecule has 2 heterocycles. The highest BCUT2D eigenvalue weighted by Crippen LogP contribution is 2.32. The lowest BCUT2D eigenvalue weighted by Crippen LogP contribution is -2.29. The number of halogens is 4. The number of aromatic nitrogens is 3. The van der Waals surface area contributed by atoms with Crippen molar-refractivity contribution in [2.45, 2.75) is 6.18 Å². The fraction of sp³-hybridized carbons (Fsp3) is 0.211. The van der Waals surface area contributed by atoms with Crippen molar-refractivity contribution < 1.29 is 22.7 Å². The summed E-state index contributed by atoms with van der Waals surface area (Å²) in [5.41, 5.74) is -0.0703. The van der Waals surface area contributed by atoms with Gasteiger partial charge in [-0.1, -0.05) is 29.8 Å². The van der Waals surface area contributed by atoms with E-state index in [-0.39, 0.29) is 29.6 Å². The molecule has 2 aromatic heterocycles. The third-order valence-electron chi connectivity index (χ3n) is 4.01. The predicted octanol–water partition coefficient (Wildman–Crippen LogP) is 3.79. The number of methoxy groups -OCH3 is 1. The summed E-state index contributed by atoms with van der Waals surface area (Å²) in [5.74, 6) is -0.0728. The molecule has 0 aliphatic rings. The van der Waals surface area contributed by atoms with E-state index >= 15 is 0 Å². The molecule has 30 heavy (non-hydrogen) atoms. The second-order valence-electron chi connectivity index (χ2n) is 6.06. The van der Waals surface area contributed by atoms with Crippen LogP contribution in [0.3, 0.4) is 0 Å². The first-order valence-electron chi connectivity index (χ1n) is 8.73. The van der Waals surface area contributed by atoms with Crippen LogP contribution in [0.15, 0.2) is 48.8 Å². The van der Waals surface area contributed by atoms with Gasteiger partial charge < -0.3 is 15.4 Å². The summed E-state index contributed by atoms with van der Waals surface area (Å²) in [6, 6.07) is 10.0. The zero-order valence-corrected chi connectivity index (χ0v) is 16.5. The van der Waals surface area contributed by atoms with E-state index in [1.807, 2.05) is 30.3 Å². The van der Waals surface area contributed by atoms with Gasteiger partial charge >= 0.3 is 6.18 Å². The lowest BCUT2D eigenvalue weighted by molar-refractivity contribution is -0.137. The molecule has 158 valence electrons. The lowest BCUT2D eigenvalue weighted by Gasteiger charge is -2.11. The Morgan fingerprint density at radius 3 is 2.60 bits per heavy atom. The van der Waals surface area contributed by atoms with Gasteiger partial charge in [-0.15, -0.1) is 0 Å².